The first-order valence-electron chi connectivity index (χ1n) is 10.7. The Kier molecular flexibility index (Phi) is 5.22. The van der Waals surface area contributed by atoms with Crippen LogP contribution in [0.25, 0.3) is 21.5 Å². The SMILES string of the molecule is CC(C)(C)c1cc2c3c(C(C)(C)C)cccc3o[p+](=O)c2c(Cc2ccccc2)c1O. The topological polar surface area (TPSA) is 50.4 Å². The summed E-state index contributed by atoms with van der Waals surface area (Å²) in [6.45, 7) is 12.8. The maximum Gasteiger partial charge on any atom is 0.598 e. The van der Waals surface area contributed by atoms with Crippen LogP contribution in [0.5, 0.6) is 5.75 Å². The highest BCUT2D eigenvalue weighted by Gasteiger charge is 2.31. The molecule has 4 rings (SSSR count). The summed E-state index contributed by atoms with van der Waals surface area (Å²) in [5, 5.41) is 13.9. The molecule has 4 heteroatoms. The molecule has 0 bridgehead atoms. The Hall–Kier alpha value is -2.64. The average Bonchev–Trinajstić information content (AvgIpc) is 2.68. The second-order valence-electron chi connectivity index (χ2n) is 10.3. The van der Waals surface area contributed by atoms with E-state index in [9.17, 15) is 9.67 Å². The molecule has 0 aliphatic carbocycles. The van der Waals surface area contributed by atoms with Crippen LogP contribution in [-0.4, -0.2) is 5.11 Å². The molecule has 0 amide bonds. The van der Waals surface area contributed by atoms with E-state index in [-0.39, 0.29) is 16.6 Å². The van der Waals surface area contributed by atoms with Crippen molar-refractivity contribution in [1.29, 1.82) is 0 Å². The predicted octanol–water partition coefficient (Wildman–Crippen LogP) is 8.22. The van der Waals surface area contributed by atoms with Crippen LogP contribution >= 0.6 is 7.65 Å². The van der Waals surface area contributed by atoms with Crippen LogP contribution in [0, 0.1) is 0 Å². The molecule has 0 aliphatic heterocycles. The number of aromatic hydroxyl groups is 1. The predicted molar refractivity (Wildman–Crippen MR) is 130 cm³/mol. The van der Waals surface area contributed by atoms with E-state index in [4.69, 9.17) is 4.20 Å². The molecule has 31 heavy (non-hydrogen) atoms. The van der Waals surface area contributed by atoms with Crippen molar-refractivity contribution in [3.05, 3.63) is 76.9 Å². The van der Waals surface area contributed by atoms with E-state index in [1.54, 1.807) is 0 Å². The Morgan fingerprint density at radius 1 is 0.871 bits per heavy atom. The van der Waals surface area contributed by atoms with Gasteiger partial charge in [0, 0.05) is 22.8 Å². The van der Waals surface area contributed by atoms with Crippen LogP contribution < -0.4 is 0 Å². The Labute approximate surface area is 184 Å². The zero-order valence-corrected chi connectivity index (χ0v) is 20.0. The number of hydrogen-bond donors (Lipinski definition) is 1. The van der Waals surface area contributed by atoms with Crippen molar-refractivity contribution in [2.45, 2.75) is 58.8 Å². The molecule has 3 aromatic carbocycles. The van der Waals surface area contributed by atoms with Gasteiger partial charge in [-0.25, -0.2) is 4.20 Å². The van der Waals surface area contributed by atoms with Gasteiger partial charge in [0.05, 0.1) is 5.56 Å². The lowest BCUT2D eigenvalue weighted by Gasteiger charge is -2.24. The summed E-state index contributed by atoms with van der Waals surface area (Å²) in [5.41, 5.74) is 4.02. The molecule has 3 nitrogen and oxygen atoms in total. The number of benzene rings is 3. The molecule has 0 saturated carbocycles. The van der Waals surface area contributed by atoms with E-state index in [0.29, 0.717) is 22.7 Å². The maximum absolute atomic E-state index is 13.3. The van der Waals surface area contributed by atoms with Gasteiger partial charge >= 0.3 is 7.65 Å². The number of phenolic OH excluding ortho intramolecular Hbond substituents is 1. The Morgan fingerprint density at radius 3 is 2.13 bits per heavy atom. The molecular formula is C27H30O3P+. The molecule has 1 aromatic heterocycles. The molecule has 0 spiro atoms. The van der Waals surface area contributed by atoms with E-state index in [2.05, 4.69) is 47.6 Å². The summed E-state index contributed by atoms with van der Waals surface area (Å²) >= 11 is 0. The molecule has 160 valence electrons. The van der Waals surface area contributed by atoms with Gasteiger partial charge < -0.3 is 5.11 Å². The summed E-state index contributed by atoms with van der Waals surface area (Å²) in [5.74, 6) is 0.221. The summed E-state index contributed by atoms with van der Waals surface area (Å²) in [6, 6.07) is 18.0. The summed E-state index contributed by atoms with van der Waals surface area (Å²) in [4.78, 5) is 0. The quantitative estimate of drug-likeness (QED) is 0.324. The van der Waals surface area contributed by atoms with Crippen molar-refractivity contribution >= 4 is 29.1 Å². The fraction of sp³-hybridized carbons (Fsp3) is 0.333. The smallest absolute Gasteiger partial charge is 0.507 e. The molecule has 0 radical (unpaired) electrons. The molecule has 1 atom stereocenters. The molecule has 0 saturated heterocycles. The van der Waals surface area contributed by atoms with Crippen LogP contribution in [-0.2, 0) is 21.8 Å². The molecule has 4 aromatic rings. The first-order chi connectivity index (χ1) is 14.5. The molecular weight excluding hydrogens is 403 g/mol. The molecule has 1 unspecified atom stereocenters. The van der Waals surface area contributed by atoms with Gasteiger partial charge in [-0.05, 0) is 38.7 Å². The lowest BCUT2D eigenvalue weighted by atomic mass is 9.81. The number of hydrogen-bond acceptors (Lipinski definition) is 3. The van der Waals surface area contributed by atoms with Gasteiger partial charge in [0.2, 0.25) is 5.12 Å². The van der Waals surface area contributed by atoms with Gasteiger partial charge in [0.15, 0.2) is 5.58 Å². The zero-order chi connectivity index (χ0) is 22.6. The third-order valence-electron chi connectivity index (χ3n) is 5.87. The highest BCUT2D eigenvalue weighted by Crippen LogP contribution is 2.47. The van der Waals surface area contributed by atoms with E-state index < -0.39 is 7.65 Å². The van der Waals surface area contributed by atoms with Gasteiger partial charge in [-0.1, -0.05) is 84.0 Å². The van der Waals surface area contributed by atoms with Gasteiger partial charge in [0.25, 0.3) is 0 Å². The summed E-state index contributed by atoms with van der Waals surface area (Å²) in [6.07, 6.45) is 0.496. The second-order valence-corrected chi connectivity index (χ2v) is 11.5. The first kappa shape index (κ1) is 21.6. The van der Waals surface area contributed by atoms with Gasteiger partial charge in [-0.3, -0.25) is 0 Å². The highest BCUT2D eigenvalue weighted by atomic mass is 31.1. The third-order valence-corrected chi connectivity index (χ3v) is 7.11. The average molecular weight is 434 g/mol. The van der Waals surface area contributed by atoms with E-state index in [0.717, 1.165) is 27.5 Å². The standard InChI is InChI=1S/C27H29O3P/c1-26(2,3)20-13-10-14-22-23(20)18-16-21(27(4,5)6)24(28)19(25(18)31(29)30-22)15-17-11-8-7-9-12-17/h7-14,16H,15H2,1-6H3/p+1. The first-order valence-corrected chi connectivity index (χ1v) is 11.9. The van der Waals surface area contributed by atoms with E-state index in [1.807, 2.05) is 48.5 Å². The van der Waals surface area contributed by atoms with Crippen molar-refractivity contribution in [3.8, 4) is 5.75 Å². The fourth-order valence-electron chi connectivity index (χ4n) is 4.30. The van der Waals surface area contributed by atoms with E-state index in [1.165, 1.54) is 0 Å². The maximum atomic E-state index is 13.3. The van der Waals surface area contributed by atoms with Crippen molar-refractivity contribution in [1.82, 2.24) is 0 Å². The van der Waals surface area contributed by atoms with Crippen LogP contribution in [0.15, 0.2) is 58.8 Å². The lowest BCUT2D eigenvalue weighted by molar-refractivity contribution is 0.443. The Balaban J connectivity index is 2.22. The normalized spacial score (nSPS) is 13.2. The molecule has 1 N–H and O–H groups in total. The zero-order valence-electron chi connectivity index (χ0n) is 19.1. The summed E-state index contributed by atoms with van der Waals surface area (Å²) in [7, 11) is -2.13. The third kappa shape index (κ3) is 3.88. The highest BCUT2D eigenvalue weighted by molar-refractivity contribution is 7.37. The van der Waals surface area contributed by atoms with Crippen molar-refractivity contribution in [2.75, 3.05) is 0 Å². The van der Waals surface area contributed by atoms with Crippen LogP contribution in [0.1, 0.15) is 63.8 Å². The van der Waals surface area contributed by atoms with Crippen molar-refractivity contribution in [2.24, 2.45) is 0 Å². The van der Waals surface area contributed by atoms with Crippen LogP contribution in [0.4, 0.5) is 0 Å². The summed E-state index contributed by atoms with van der Waals surface area (Å²) < 4.78 is 19.3. The number of rotatable bonds is 2. The monoisotopic (exact) mass is 433 g/mol. The molecule has 1 heterocycles. The Bertz CT molecular complexity index is 1340. The van der Waals surface area contributed by atoms with Crippen LogP contribution in [0.2, 0.25) is 0 Å². The molecule has 0 aliphatic rings. The number of phenols is 1. The molecule has 0 fully saturated rings. The van der Waals surface area contributed by atoms with Gasteiger partial charge in [-0.15, -0.1) is 0 Å². The van der Waals surface area contributed by atoms with E-state index >= 15 is 0 Å². The largest absolute Gasteiger partial charge is 0.598 e. The second kappa shape index (κ2) is 7.50. The fourth-order valence-corrected chi connectivity index (χ4v) is 5.50. The van der Waals surface area contributed by atoms with Crippen LogP contribution in [0.3, 0.4) is 0 Å². The van der Waals surface area contributed by atoms with Gasteiger partial charge in [-0.2, -0.15) is 0 Å². The Morgan fingerprint density at radius 2 is 1.52 bits per heavy atom. The van der Waals surface area contributed by atoms with Crippen molar-refractivity contribution in [3.63, 3.8) is 0 Å². The lowest BCUT2D eigenvalue weighted by Crippen LogP contribution is -2.14. The van der Waals surface area contributed by atoms with Gasteiger partial charge in [0.1, 0.15) is 5.75 Å². The number of fused-ring (bicyclic) bond motifs is 3. The minimum atomic E-state index is -2.13. The van der Waals surface area contributed by atoms with Crippen molar-refractivity contribution < 1.29 is 13.9 Å². The minimum absolute atomic E-state index is 0.117. The minimum Gasteiger partial charge on any atom is -0.507 e.